The lowest BCUT2D eigenvalue weighted by Gasteiger charge is -2.08. The van der Waals surface area contributed by atoms with E-state index in [9.17, 15) is 13.2 Å². The largest absolute Gasteiger partial charge is 0.478 e. The Kier molecular flexibility index (Phi) is 4.18. The van der Waals surface area contributed by atoms with E-state index in [1.165, 1.54) is 18.2 Å². The van der Waals surface area contributed by atoms with Crippen LogP contribution < -0.4 is 4.72 Å². The minimum Gasteiger partial charge on any atom is -0.478 e. The standard InChI is InChI=1S/C12H7ClN2O4S2/c13-10-2-1-8(5-9(10)12(16)17)21(18,19)15-11-7(6-14)3-4-20-11/h1-5,15H,(H,16,17). The average Bonchev–Trinajstić information content (AvgIpc) is 2.85. The first kappa shape index (κ1) is 15.3. The minimum atomic E-state index is -4.00. The van der Waals surface area contributed by atoms with Gasteiger partial charge in [-0.25, -0.2) is 13.2 Å². The summed E-state index contributed by atoms with van der Waals surface area (Å²) >= 11 is 6.75. The quantitative estimate of drug-likeness (QED) is 0.888. The summed E-state index contributed by atoms with van der Waals surface area (Å²) in [6, 6.07) is 6.69. The Hall–Kier alpha value is -2.08. The summed E-state index contributed by atoms with van der Waals surface area (Å²) in [6.07, 6.45) is 0. The highest BCUT2D eigenvalue weighted by molar-refractivity contribution is 7.93. The summed E-state index contributed by atoms with van der Waals surface area (Å²) in [5, 5.41) is 19.5. The SMILES string of the molecule is N#Cc1ccsc1NS(=O)(=O)c1ccc(Cl)c(C(=O)O)c1. The molecule has 0 bridgehead atoms. The predicted octanol–water partition coefficient (Wildman–Crippen LogP) is 2.77. The molecule has 0 saturated carbocycles. The van der Waals surface area contributed by atoms with E-state index >= 15 is 0 Å². The molecular formula is C12H7ClN2O4S2. The zero-order valence-corrected chi connectivity index (χ0v) is 12.6. The maximum Gasteiger partial charge on any atom is 0.337 e. The number of anilines is 1. The fourth-order valence-electron chi connectivity index (χ4n) is 1.49. The monoisotopic (exact) mass is 342 g/mol. The maximum absolute atomic E-state index is 12.2. The van der Waals surface area contributed by atoms with Crippen LogP contribution in [0.3, 0.4) is 0 Å². The molecule has 2 aromatic rings. The summed E-state index contributed by atoms with van der Waals surface area (Å²) in [6.45, 7) is 0. The van der Waals surface area contributed by atoms with Gasteiger partial charge in [-0.1, -0.05) is 11.6 Å². The van der Waals surface area contributed by atoms with Gasteiger partial charge in [0, 0.05) is 0 Å². The molecule has 2 N–H and O–H groups in total. The molecule has 1 aromatic heterocycles. The molecule has 0 aliphatic heterocycles. The second-order valence-corrected chi connectivity index (χ2v) is 6.83. The Bertz CT molecular complexity index is 852. The second-order valence-electron chi connectivity index (χ2n) is 3.83. The van der Waals surface area contributed by atoms with Crippen molar-refractivity contribution >= 4 is 43.9 Å². The van der Waals surface area contributed by atoms with Crippen molar-refractivity contribution in [2.24, 2.45) is 0 Å². The number of nitrogens with zero attached hydrogens (tertiary/aromatic N) is 1. The van der Waals surface area contributed by atoms with E-state index < -0.39 is 16.0 Å². The molecule has 0 aliphatic carbocycles. The van der Waals surface area contributed by atoms with Crippen LogP contribution in [-0.4, -0.2) is 19.5 Å². The fourth-order valence-corrected chi connectivity index (χ4v) is 3.79. The Morgan fingerprint density at radius 2 is 2.10 bits per heavy atom. The van der Waals surface area contributed by atoms with Crippen molar-refractivity contribution in [1.82, 2.24) is 0 Å². The van der Waals surface area contributed by atoms with Crippen LogP contribution in [0.15, 0.2) is 34.5 Å². The molecule has 6 nitrogen and oxygen atoms in total. The number of nitriles is 1. The van der Waals surface area contributed by atoms with Gasteiger partial charge in [-0.3, -0.25) is 4.72 Å². The molecule has 0 fully saturated rings. The highest BCUT2D eigenvalue weighted by Crippen LogP contribution is 2.27. The topological polar surface area (TPSA) is 107 Å². The number of carbonyl (C=O) groups is 1. The summed E-state index contributed by atoms with van der Waals surface area (Å²) in [5.41, 5.74) is -0.123. The van der Waals surface area contributed by atoms with Gasteiger partial charge in [0.05, 0.1) is 21.0 Å². The third-order valence-electron chi connectivity index (χ3n) is 2.49. The molecule has 9 heteroatoms. The van der Waals surface area contributed by atoms with Crippen LogP contribution in [0.25, 0.3) is 0 Å². The molecule has 0 spiro atoms. The number of carboxylic acid groups (broad SMARTS) is 1. The number of nitrogens with one attached hydrogen (secondary N) is 1. The van der Waals surface area contributed by atoms with Crippen LogP contribution in [0.2, 0.25) is 5.02 Å². The normalized spacial score (nSPS) is 10.9. The van der Waals surface area contributed by atoms with E-state index in [1.54, 1.807) is 5.38 Å². The zero-order chi connectivity index (χ0) is 15.6. The molecule has 108 valence electrons. The molecule has 2 rings (SSSR count). The van der Waals surface area contributed by atoms with E-state index in [2.05, 4.69) is 4.72 Å². The number of rotatable bonds is 4. The number of aromatic carboxylic acids is 1. The van der Waals surface area contributed by atoms with Crippen molar-refractivity contribution < 1.29 is 18.3 Å². The lowest BCUT2D eigenvalue weighted by molar-refractivity contribution is 0.0697. The van der Waals surface area contributed by atoms with Crippen LogP contribution >= 0.6 is 22.9 Å². The molecule has 0 unspecified atom stereocenters. The van der Waals surface area contributed by atoms with E-state index in [1.807, 2.05) is 6.07 Å². The highest BCUT2D eigenvalue weighted by atomic mass is 35.5. The van der Waals surface area contributed by atoms with Crippen molar-refractivity contribution in [3.63, 3.8) is 0 Å². The number of carboxylic acids is 1. The van der Waals surface area contributed by atoms with Gasteiger partial charge in [-0.2, -0.15) is 5.26 Å². The Labute approximate surface area is 129 Å². The van der Waals surface area contributed by atoms with Crippen molar-refractivity contribution in [3.05, 3.63) is 45.8 Å². The van der Waals surface area contributed by atoms with Gasteiger partial charge in [0.1, 0.15) is 11.1 Å². The third-order valence-corrected chi connectivity index (χ3v) is 5.13. The second kappa shape index (κ2) is 5.73. The first-order valence-corrected chi connectivity index (χ1v) is 8.12. The Morgan fingerprint density at radius 1 is 1.38 bits per heavy atom. The summed E-state index contributed by atoms with van der Waals surface area (Å²) in [5.74, 6) is -1.33. The van der Waals surface area contributed by atoms with Crippen LogP contribution in [0, 0.1) is 11.3 Å². The smallest absolute Gasteiger partial charge is 0.337 e. The van der Waals surface area contributed by atoms with Gasteiger partial charge < -0.3 is 5.11 Å². The summed E-state index contributed by atoms with van der Waals surface area (Å²) in [4.78, 5) is 10.7. The minimum absolute atomic E-state index is 0.0599. The van der Waals surface area contributed by atoms with Crippen LogP contribution in [0.5, 0.6) is 0 Å². The molecule has 0 saturated heterocycles. The van der Waals surface area contributed by atoms with Crippen molar-refractivity contribution in [2.45, 2.75) is 4.90 Å². The molecule has 0 radical (unpaired) electrons. The van der Waals surface area contributed by atoms with Crippen LogP contribution in [0.1, 0.15) is 15.9 Å². The van der Waals surface area contributed by atoms with Gasteiger partial charge in [-0.05, 0) is 29.6 Å². The number of hydrogen-bond acceptors (Lipinski definition) is 5. The number of sulfonamides is 1. The van der Waals surface area contributed by atoms with Crippen molar-refractivity contribution in [2.75, 3.05) is 4.72 Å². The fraction of sp³-hybridized carbons (Fsp3) is 0. The maximum atomic E-state index is 12.2. The van der Waals surface area contributed by atoms with Crippen molar-refractivity contribution in [1.29, 1.82) is 5.26 Å². The number of halogens is 1. The van der Waals surface area contributed by atoms with Crippen LogP contribution in [0.4, 0.5) is 5.00 Å². The lowest BCUT2D eigenvalue weighted by Crippen LogP contribution is -2.13. The molecule has 0 amide bonds. The zero-order valence-electron chi connectivity index (χ0n) is 10.2. The molecule has 0 atom stereocenters. The molecular weight excluding hydrogens is 336 g/mol. The third kappa shape index (κ3) is 3.16. The summed E-state index contributed by atoms with van der Waals surface area (Å²) in [7, 11) is -4.00. The van der Waals surface area contributed by atoms with E-state index in [-0.39, 0.29) is 26.0 Å². The first-order chi connectivity index (χ1) is 9.85. The average molecular weight is 343 g/mol. The van der Waals surface area contributed by atoms with Gasteiger partial charge in [0.2, 0.25) is 0 Å². The Morgan fingerprint density at radius 3 is 2.71 bits per heavy atom. The van der Waals surface area contributed by atoms with E-state index in [4.69, 9.17) is 22.0 Å². The highest BCUT2D eigenvalue weighted by Gasteiger charge is 2.20. The first-order valence-electron chi connectivity index (χ1n) is 5.38. The number of benzene rings is 1. The predicted molar refractivity (Wildman–Crippen MR) is 78.3 cm³/mol. The molecule has 1 heterocycles. The van der Waals surface area contributed by atoms with Gasteiger partial charge in [0.25, 0.3) is 10.0 Å². The van der Waals surface area contributed by atoms with Gasteiger partial charge in [-0.15, -0.1) is 11.3 Å². The lowest BCUT2D eigenvalue weighted by atomic mass is 10.2. The van der Waals surface area contributed by atoms with E-state index in [0.717, 1.165) is 17.4 Å². The summed E-state index contributed by atoms with van der Waals surface area (Å²) < 4.78 is 26.7. The van der Waals surface area contributed by atoms with Crippen molar-refractivity contribution in [3.8, 4) is 6.07 Å². The number of thiophene rings is 1. The Balaban J connectivity index is 2.43. The number of hydrogen-bond donors (Lipinski definition) is 2. The van der Waals surface area contributed by atoms with Crippen LogP contribution in [-0.2, 0) is 10.0 Å². The molecule has 1 aromatic carbocycles. The molecule has 21 heavy (non-hydrogen) atoms. The van der Waals surface area contributed by atoms with Gasteiger partial charge in [0.15, 0.2) is 0 Å². The van der Waals surface area contributed by atoms with E-state index in [0.29, 0.717) is 0 Å². The molecule has 0 aliphatic rings. The van der Waals surface area contributed by atoms with Gasteiger partial charge >= 0.3 is 5.97 Å².